The average Bonchev–Trinajstić information content (AvgIpc) is 2.99. The molecule has 0 unspecified atom stereocenters. The quantitative estimate of drug-likeness (QED) is 0.626. The van der Waals surface area contributed by atoms with E-state index in [1.807, 2.05) is 0 Å². The monoisotopic (exact) mass is 390 g/mol. The summed E-state index contributed by atoms with van der Waals surface area (Å²) in [6.45, 7) is 6.93. The molecule has 9 nitrogen and oxygen atoms in total. The second-order valence-corrected chi connectivity index (χ2v) is 8.11. The highest BCUT2D eigenvalue weighted by molar-refractivity contribution is 7.89. The number of carbonyl (C=O) groups excluding carboxylic acids is 2. The second-order valence-electron chi connectivity index (χ2n) is 6.50. The maximum absolute atomic E-state index is 12.6. The summed E-state index contributed by atoms with van der Waals surface area (Å²) >= 11 is 0. The van der Waals surface area contributed by atoms with Gasteiger partial charge in [0.2, 0.25) is 5.09 Å². The van der Waals surface area contributed by atoms with Crippen molar-refractivity contribution in [1.29, 1.82) is 0 Å². The first-order valence-corrected chi connectivity index (χ1v) is 9.56. The van der Waals surface area contributed by atoms with Crippen LogP contribution in [0.5, 0.6) is 0 Å². The molecule has 1 aromatic rings. The highest BCUT2D eigenvalue weighted by atomic mass is 32.2. The van der Waals surface area contributed by atoms with Crippen LogP contribution in [0.15, 0.2) is 21.6 Å². The van der Waals surface area contributed by atoms with Crippen LogP contribution in [-0.4, -0.2) is 64.1 Å². The molecule has 0 fully saturated rings. The smallest absolute Gasteiger partial charge is 0.325 e. The third-order valence-electron chi connectivity index (χ3n) is 2.98. The SMILES string of the molecule is CCOC(=O)CN(CCOC)C(=O)c1ccc(S(=O)(=O)NC(C)(C)C)o1. The lowest BCUT2D eigenvalue weighted by atomic mass is 10.1. The fraction of sp³-hybridized carbons (Fsp3) is 0.625. The largest absolute Gasteiger partial charge is 0.465 e. The summed E-state index contributed by atoms with van der Waals surface area (Å²) in [5.41, 5.74) is -0.704. The topological polar surface area (TPSA) is 115 Å². The van der Waals surface area contributed by atoms with Crippen molar-refractivity contribution in [3.63, 3.8) is 0 Å². The number of sulfonamides is 1. The van der Waals surface area contributed by atoms with Crippen LogP contribution >= 0.6 is 0 Å². The Labute approximate surface area is 153 Å². The Balaban J connectivity index is 2.99. The second kappa shape index (κ2) is 9.15. The summed E-state index contributed by atoms with van der Waals surface area (Å²) in [7, 11) is -2.45. The molecule has 0 aliphatic carbocycles. The molecular weight excluding hydrogens is 364 g/mol. The number of amides is 1. The zero-order chi connectivity index (χ0) is 20.0. The molecule has 10 heteroatoms. The van der Waals surface area contributed by atoms with E-state index < -0.39 is 27.4 Å². The summed E-state index contributed by atoms with van der Waals surface area (Å²) in [5, 5.41) is -0.376. The highest BCUT2D eigenvalue weighted by Crippen LogP contribution is 2.18. The number of hydrogen-bond acceptors (Lipinski definition) is 7. The molecule has 0 atom stereocenters. The van der Waals surface area contributed by atoms with Gasteiger partial charge in [0, 0.05) is 19.2 Å². The van der Waals surface area contributed by atoms with E-state index in [0.29, 0.717) is 0 Å². The zero-order valence-electron chi connectivity index (χ0n) is 15.7. The van der Waals surface area contributed by atoms with Gasteiger partial charge in [0.1, 0.15) is 6.54 Å². The number of furan rings is 1. The van der Waals surface area contributed by atoms with Crippen LogP contribution in [0.3, 0.4) is 0 Å². The molecule has 148 valence electrons. The van der Waals surface area contributed by atoms with Crippen molar-refractivity contribution >= 4 is 21.9 Å². The van der Waals surface area contributed by atoms with Crippen LogP contribution in [0.4, 0.5) is 0 Å². The van der Waals surface area contributed by atoms with Crippen LogP contribution in [0.25, 0.3) is 0 Å². The van der Waals surface area contributed by atoms with Gasteiger partial charge in [-0.15, -0.1) is 0 Å². The maximum Gasteiger partial charge on any atom is 0.325 e. The summed E-state index contributed by atoms with van der Waals surface area (Å²) in [4.78, 5) is 25.4. The van der Waals surface area contributed by atoms with E-state index in [1.54, 1.807) is 27.7 Å². The van der Waals surface area contributed by atoms with Crippen molar-refractivity contribution < 1.29 is 31.9 Å². The molecule has 1 aromatic heterocycles. The predicted octanol–water partition coefficient (Wildman–Crippen LogP) is 1.01. The number of nitrogens with one attached hydrogen (secondary N) is 1. The normalized spacial score (nSPS) is 12.0. The molecule has 0 spiro atoms. The van der Waals surface area contributed by atoms with E-state index in [0.717, 1.165) is 0 Å². The van der Waals surface area contributed by atoms with Gasteiger partial charge in [-0.25, -0.2) is 13.1 Å². The van der Waals surface area contributed by atoms with Crippen LogP contribution in [-0.2, 0) is 24.3 Å². The molecule has 26 heavy (non-hydrogen) atoms. The molecule has 1 heterocycles. The molecule has 0 aliphatic heterocycles. The van der Waals surface area contributed by atoms with E-state index in [-0.39, 0.29) is 37.2 Å². The molecule has 1 amide bonds. The van der Waals surface area contributed by atoms with Crippen molar-refractivity contribution in [3.05, 3.63) is 17.9 Å². The minimum Gasteiger partial charge on any atom is -0.465 e. The standard InChI is InChI=1S/C16H26N2O7S/c1-6-24-13(19)11-18(9-10-23-5)15(20)12-7-8-14(25-12)26(21,22)17-16(2,3)4/h7-8,17H,6,9-11H2,1-5H3. The van der Waals surface area contributed by atoms with E-state index in [4.69, 9.17) is 13.9 Å². The molecule has 0 saturated heterocycles. The Kier molecular flexibility index (Phi) is 7.79. The summed E-state index contributed by atoms with van der Waals surface area (Å²) in [6, 6.07) is 2.45. The van der Waals surface area contributed by atoms with Gasteiger partial charge in [-0.1, -0.05) is 0 Å². The Morgan fingerprint density at radius 2 is 1.92 bits per heavy atom. The van der Waals surface area contributed by atoms with E-state index in [1.165, 1.54) is 24.1 Å². The lowest BCUT2D eigenvalue weighted by Gasteiger charge is -2.20. The van der Waals surface area contributed by atoms with Gasteiger partial charge in [0.25, 0.3) is 15.9 Å². The van der Waals surface area contributed by atoms with E-state index in [9.17, 15) is 18.0 Å². The average molecular weight is 390 g/mol. The van der Waals surface area contributed by atoms with Crippen LogP contribution < -0.4 is 4.72 Å². The third kappa shape index (κ3) is 6.77. The predicted molar refractivity (Wildman–Crippen MR) is 93.2 cm³/mol. The number of carbonyl (C=O) groups is 2. The molecule has 1 N–H and O–H groups in total. The first-order valence-electron chi connectivity index (χ1n) is 8.08. The van der Waals surface area contributed by atoms with Gasteiger partial charge in [0.05, 0.1) is 13.2 Å². The Morgan fingerprint density at radius 3 is 2.46 bits per heavy atom. The van der Waals surface area contributed by atoms with E-state index >= 15 is 0 Å². The fourth-order valence-corrected chi connectivity index (χ4v) is 3.36. The Bertz CT molecular complexity index is 719. The Hall–Kier alpha value is -1.91. The van der Waals surface area contributed by atoms with Gasteiger partial charge in [-0.3, -0.25) is 9.59 Å². The molecular formula is C16H26N2O7S. The third-order valence-corrected chi connectivity index (χ3v) is 4.61. The summed E-state index contributed by atoms with van der Waals surface area (Å²) < 4.78 is 42.0. The van der Waals surface area contributed by atoms with Crippen molar-refractivity contribution in [2.24, 2.45) is 0 Å². The van der Waals surface area contributed by atoms with Gasteiger partial charge in [-0.2, -0.15) is 0 Å². The minimum atomic E-state index is -3.91. The molecule has 1 rings (SSSR count). The fourth-order valence-electron chi connectivity index (χ4n) is 2.01. The maximum atomic E-state index is 12.6. The molecule has 0 saturated carbocycles. The number of ether oxygens (including phenoxy) is 2. The molecule has 0 radical (unpaired) electrons. The molecule has 0 bridgehead atoms. The van der Waals surface area contributed by atoms with Gasteiger partial charge in [-0.05, 0) is 39.8 Å². The van der Waals surface area contributed by atoms with Gasteiger partial charge < -0.3 is 18.8 Å². The minimum absolute atomic E-state index is 0.122. The number of nitrogens with zero attached hydrogens (tertiary/aromatic N) is 1. The summed E-state index contributed by atoms with van der Waals surface area (Å²) in [5.74, 6) is -1.40. The van der Waals surface area contributed by atoms with Crippen LogP contribution in [0, 0.1) is 0 Å². The van der Waals surface area contributed by atoms with Crippen LogP contribution in [0.1, 0.15) is 38.2 Å². The lowest BCUT2D eigenvalue weighted by molar-refractivity contribution is -0.143. The number of rotatable bonds is 9. The van der Waals surface area contributed by atoms with Gasteiger partial charge in [0.15, 0.2) is 5.76 Å². The first kappa shape index (κ1) is 22.1. The summed E-state index contributed by atoms with van der Waals surface area (Å²) in [6.07, 6.45) is 0. The van der Waals surface area contributed by atoms with Crippen molar-refractivity contribution in [3.8, 4) is 0 Å². The highest BCUT2D eigenvalue weighted by Gasteiger charge is 2.28. The van der Waals surface area contributed by atoms with Crippen LogP contribution in [0.2, 0.25) is 0 Å². The Morgan fingerprint density at radius 1 is 1.27 bits per heavy atom. The van der Waals surface area contributed by atoms with Crippen molar-refractivity contribution in [1.82, 2.24) is 9.62 Å². The first-order chi connectivity index (χ1) is 12.0. The van der Waals surface area contributed by atoms with Crippen molar-refractivity contribution in [2.45, 2.75) is 38.3 Å². The lowest BCUT2D eigenvalue weighted by Crippen LogP contribution is -2.40. The number of hydrogen-bond donors (Lipinski definition) is 1. The molecule has 0 aromatic carbocycles. The van der Waals surface area contributed by atoms with Crippen molar-refractivity contribution in [2.75, 3.05) is 33.4 Å². The zero-order valence-corrected chi connectivity index (χ0v) is 16.5. The molecule has 0 aliphatic rings. The number of esters is 1. The van der Waals surface area contributed by atoms with Gasteiger partial charge >= 0.3 is 5.97 Å². The van der Waals surface area contributed by atoms with E-state index in [2.05, 4.69) is 4.72 Å². The number of methoxy groups -OCH3 is 1.